The maximum absolute atomic E-state index is 15.0. The average molecular weight is 406 g/mol. The molecule has 2 aromatic heterocycles. The van der Waals surface area contributed by atoms with Crippen molar-refractivity contribution < 1.29 is 13.9 Å². The minimum Gasteiger partial charge on any atom is -0.495 e. The number of hydrogen-bond acceptors (Lipinski definition) is 5. The van der Waals surface area contributed by atoms with E-state index in [4.69, 9.17) is 9.47 Å². The highest BCUT2D eigenvalue weighted by atomic mass is 19.1. The van der Waals surface area contributed by atoms with Gasteiger partial charge in [-0.3, -0.25) is 4.98 Å². The summed E-state index contributed by atoms with van der Waals surface area (Å²) in [6.45, 7) is 0.571. The van der Waals surface area contributed by atoms with Gasteiger partial charge in [-0.05, 0) is 42.3 Å². The Morgan fingerprint density at radius 2 is 1.80 bits per heavy atom. The van der Waals surface area contributed by atoms with E-state index in [1.165, 1.54) is 7.11 Å². The Bertz CT molecular complexity index is 1140. The summed E-state index contributed by atoms with van der Waals surface area (Å²) >= 11 is 0. The number of pyridine rings is 1. The molecule has 0 aliphatic rings. The van der Waals surface area contributed by atoms with Crippen LogP contribution in [-0.4, -0.2) is 30.7 Å². The molecule has 0 atom stereocenters. The maximum atomic E-state index is 15.0. The van der Waals surface area contributed by atoms with Crippen LogP contribution < -0.4 is 20.1 Å². The lowest BCUT2D eigenvalue weighted by Crippen LogP contribution is -2.08. The first-order valence-electron chi connectivity index (χ1n) is 9.61. The van der Waals surface area contributed by atoms with Crippen molar-refractivity contribution in [2.24, 2.45) is 0 Å². The number of para-hydroxylation sites is 1. The zero-order valence-corrected chi connectivity index (χ0v) is 16.8. The van der Waals surface area contributed by atoms with Gasteiger partial charge in [0.25, 0.3) is 0 Å². The number of H-pyrrole nitrogens is 1. The number of benzene rings is 2. The number of aromatic amines is 1. The molecule has 0 saturated heterocycles. The quantitative estimate of drug-likeness (QED) is 0.379. The number of aromatic nitrogens is 2. The van der Waals surface area contributed by atoms with Crippen LogP contribution in [0.4, 0.5) is 21.5 Å². The van der Waals surface area contributed by atoms with Crippen LogP contribution in [0.3, 0.4) is 0 Å². The van der Waals surface area contributed by atoms with Crippen LogP contribution >= 0.6 is 0 Å². The Morgan fingerprint density at radius 3 is 2.57 bits per heavy atom. The van der Waals surface area contributed by atoms with E-state index in [-0.39, 0.29) is 5.75 Å². The van der Waals surface area contributed by atoms with Crippen LogP contribution in [0.2, 0.25) is 0 Å². The van der Waals surface area contributed by atoms with Crippen LogP contribution in [0, 0.1) is 5.82 Å². The second-order valence-electron chi connectivity index (χ2n) is 6.74. The Morgan fingerprint density at radius 1 is 1.00 bits per heavy atom. The minimum absolute atomic E-state index is 0.161. The van der Waals surface area contributed by atoms with Crippen LogP contribution in [-0.2, 0) is 6.42 Å². The lowest BCUT2D eigenvalue weighted by Gasteiger charge is -2.15. The molecule has 154 valence electrons. The van der Waals surface area contributed by atoms with Crippen LogP contribution in [0.1, 0.15) is 5.56 Å². The second-order valence-corrected chi connectivity index (χ2v) is 6.74. The molecule has 0 fully saturated rings. The first-order chi connectivity index (χ1) is 14.7. The predicted octanol–water partition coefficient (Wildman–Crippen LogP) is 5.12. The number of halogens is 1. The number of rotatable bonds is 8. The third-order valence-corrected chi connectivity index (χ3v) is 4.95. The van der Waals surface area contributed by atoms with E-state index in [0.29, 0.717) is 17.9 Å². The fraction of sp³-hybridized carbons (Fsp3) is 0.174. The van der Waals surface area contributed by atoms with E-state index in [9.17, 15) is 4.39 Å². The van der Waals surface area contributed by atoms with E-state index in [0.717, 1.165) is 34.3 Å². The topological polar surface area (TPSA) is 71.2 Å². The Labute approximate surface area is 174 Å². The number of methoxy groups -OCH3 is 2. The maximum Gasteiger partial charge on any atom is 0.190 e. The van der Waals surface area contributed by atoms with Gasteiger partial charge in [-0.15, -0.1) is 0 Å². The third-order valence-electron chi connectivity index (χ3n) is 4.95. The standard InChI is InChI=1S/C23H23FN4O2/c1-29-20-5-3-4-17-15(14-27-22(17)20)8-13-26-18-6-7-19(23(30-2)21(18)24)28-16-9-11-25-12-10-16/h3-7,9-12,14,26-27H,8,13H2,1-2H3,(H,25,28). The van der Waals surface area contributed by atoms with Gasteiger partial charge in [-0.2, -0.15) is 0 Å². The van der Waals surface area contributed by atoms with Crippen LogP contribution in [0.5, 0.6) is 11.5 Å². The summed E-state index contributed by atoms with van der Waals surface area (Å²) in [6, 6.07) is 13.0. The molecule has 30 heavy (non-hydrogen) atoms. The summed E-state index contributed by atoms with van der Waals surface area (Å²) in [6.07, 6.45) is 6.03. The third kappa shape index (κ3) is 3.87. The highest BCUT2D eigenvalue weighted by Gasteiger charge is 2.15. The van der Waals surface area contributed by atoms with Crippen LogP contribution in [0.25, 0.3) is 10.9 Å². The number of nitrogens with one attached hydrogen (secondary N) is 3. The summed E-state index contributed by atoms with van der Waals surface area (Å²) in [5, 5.41) is 7.43. The largest absolute Gasteiger partial charge is 0.495 e. The van der Waals surface area contributed by atoms with E-state index in [1.807, 2.05) is 24.4 Å². The van der Waals surface area contributed by atoms with Crippen molar-refractivity contribution in [2.75, 3.05) is 31.4 Å². The molecule has 2 aromatic carbocycles. The van der Waals surface area contributed by atoms with Crippen LogP contribution in [0.15, 0.2) is 61.1 Å². The van der Waals surface area contributed by atoms with Crippen molar-refractivity contribution in [3.63, 3.8) is 0 Å². The molecule has 6 nitrogen and oxygen atoms in total. The van der Waals surface area contributed by atoms with E-state index < -0.39 is 5.82 Å². The molecule has 0 bridgehead atoms. The molecule has 2 heterocycles. The van der Waals surface area contributed by atoms with Gasteiger partial charge in [0.15, 0.2) is 11.6 Å². The normalized spacial score (nSPS) is 10.8. The molecule has 0 spiro atoms. The molecular formula is C23H23FN4O2. The summed E-state index contributed by atoms with van der Waals surface area (Å²) < 4.78 is 25.7. The van der Waals surface area contributed by atoms with Gasteiger partial charge in [-0.1, -0.05) is 12.1 Å². The highest BCUT2D eigenvalue weighted by molar-refractivity contribution is 5.88. The molecule has 3 N–H and O–H groups in total. The summed E-state index contributed by atoms with van der Waals surface area (Å²) in [7, 11) is 3.11. The van der Waals surface area contributed by atoms with E-state index in [2.05, 4.69) is 20.6 Å². The SMILES string of the molecule is COc1c(Nc2ccncc2)ccc(NCCc2c[nH]c3c(OC)cccc23)c1F. The van der Waals surface area contributed by atoms with Gasteiger partial charge in [-0.25, -0.2) is 4.39 Å². The molecule has 0 aliphatic carbocycles. The first kappa shape index (κ1) is 19.6. The van der Waals surface area contributed by atoms with Crippen molar-refractivity contribution in [2.45, 2.75) is 6.42 Å². The lowest BCUT2D eigenvalue weighted by molar-refractivity contribution is 0.389. The molecule has 4 aromatic rings. The molecular weight excluding hydrogens is 383 g/mol. The number of anilines is 3. The van der Waals surface area contributed by atoms with Gasteiger partial charge in [0.05, 0.1) is 31.1 Å². The monoisotopic (exact) mass is 406 g/mol. The zero-order chi connectivity index (χ0) is 20.9. The van der Waals surface area contributed by atoms with Crippen molar-refractivity contribution in [1.82, 2.24) is 9.97 Å². The van der Waals surface area contributed by atoms with E-state index in [1.54, 1.807) is 43.8 Å². The van der Waals surface area contributed by atoms with Gasteiger partial charge in [0, 0.05) is 36.2 Å². The van der Waals surface area contributed by atoms with Gasteiger partial charge < -0.3 is 25.1 Å². The molecule has 7 heteroatoms. The van der Waals surface area contributed by atoms with Crippen molar-refractivity contribution >= 4 is 28.0 Å². The fourth-order valence-electron chi connectivity index (χ4n) is 3.47. The lowest BCUT2D eigenvalue weighted by atomic mass is 10.1. The number of nitrogens with zero attached hydrogens (tertiary/aromatic N) is 1. The Kier molecular flexibility index (Phi) is 5.70. The summed E-state index contributed by atoms with van der Waals surface area (Å²) in [4.78, 5) is 7.24. The number of ether oxygens (including phenoxy) is 2. The predicted molar refractivity (Wildman–Crippen MR) is 118 cm³/mol. The van der Waals surface area contributed by atoms with Crippen molar-refractivity contribution in [1.29, 1.82) is 0 Å². The first-order valence-corrected chi connectivity index (χ1v) is 9.61. The minimum atomic E-state index is -0.433. The summed E-state index contributed by atoms with van der Waals surface area (Å²) in [5.74, 6) is 0.533. The summed E-state index contributed by atoms with van der Waals surface area (Å²) in [5.41, 5.74) is 3.85. The molecule has 0 saturated carbocycles. The Balaban J connectivity index is 1.47. The molecule has 0 aliphatic heterocycles. The number of fused-ring (bicyclic) bond motifs is 1. The highest BCUT2D eigenvalue weighted by Crippen LogP contribution is 2.35. The number of hydrogen-bond donors (Lipinski definition) is 3. The molecule has 4 rings (SSSR count). The molecule has 0 radical (unpaired) electrons. The molecule has 0 amide bonds. The fourth-order valence-corrected chi connectivity index (χ4v) is 3.47. The van der Waals surface area contributed by atoms with E-state index >= 15 is 0 Å². The van der Waals surface area contributed by atoms with Crippen molar-refractivity contribution in [3.8, 4) is 11.5 Å². The van der Waals surface area contributed by atoms with Gasteiger partial charge in [0.1, 0.15) is 5.75 Å². The Hall–Kier alpha value is -3.74. The second kappa shape index (κ2) is 8.73. The van der Waals surface area contributed by atoms with Gasteiger partial charge in [0.2, 0.25) is 0 Å². The van der Waals surface area contributed by atoms with Crippen molar-refractivity contribution in [3.05, 3.63) is 72.4 Å². The smallest absolute Gasteiger partial charge is 0.190 e. The molecule has 0 unspecified atom stereocenters. The zero-order valence-electron chi connectivity index (χ0n) is 16.8. The van der Waals surface area contributed by atoms with Gasteiger partial charge >= 0.3 is 0 Å². The average Bonchev–Trinajstić information content (AvgIpc) is 3.19.